The van der Waals surface area contributed by atoms with Crippen LogP contribution in [0.5, 0.6) is 0 Å². The molecule has 1 atom stereocenters. The lowest BCUT2D eigenvalue weighted by Crippen LogP contribution is -2.43. The number of nitrogens with zero attached hydrogens (tertiary/aromatic N) is 2. The minimum Gasteiger partial charge on any atom is -0.374 e. The highest BCUT2D eigenvalue weighted by Crippen LogP contribution is 2.32. The van der Waals surface area contributed by atoms with E-state index in [2.05, 4.69) is 45.7 Å². The van der Waals surface area contributed by atoms with Gasteiger partial charge in [-0.2, -0.15) is 0 Å². The number of anilines is 2. The van der Waals surface area contributed by atoms with Gasteiger partial charge in [0.2, 0.25) is 0 Å². The number of hydrogen-bond acceptors (Lipinski definition) is 4. The number of nitrogens with one attached hydrogen (secondary N) is 2. The van der Waals surface area contributed by atoms with E-state index < -0.39 is 17.6 Å². The van der Waals surface area contributed by atoms with Crippen LogP contribution >= 0.6 is 11.6 Å². The van der Waals surface area contributed by atoms with Crippen LogP contribution in [0, 0.1) is 5.82 Å². The second-order valence-corrected chi connectivity index (χ2v) is 8.87. The second kappa shape index (κ2) is 9.88. The number of benzene rings is 2. The molecule has 2 N–H and O–H groups in total. The van der Waals surface area contributed by atoms with Gasteiger partial charge in [-0.1, -0.05) is 30.2 Å². The Labute approximate surface area is 192 Å². The van der Waals surface area contributed by atoms with Crippen LogP contribution in [0.1, 0.15) is 36.4 Å². The second-order valence-electron chi connectivity index (χ2n) is 8.47. The minimum atomic E-state index is -0.805. The molecule has 1 saturated heterocycles. The van der Waals surface area contributed by atoms with Gasteiger partial charge in [0.1, 0.15) is 5.82 Å². The van der Waals surface area contributed by atoms with Crippen LogP contribution < -0.4 is 15.5 Å². The van der Waals surface area contributed by atoms with E-state index in [1.165, 1.54) is 29.8 Å². The van der Waals surface area contributed by atoms with Gasteiger partial charge in [-0.15, -0.1) is 0 Å². The molecule has 6 nitrogen and oxygen atoms in total. The normalized spacial score (nSPS) is 17.0. The summed E-state index contributed by atoms with van der Waals surface area (Å²) < 4.78 is 13.3. The van der Waals surface area contributed by atoms with Crippen molar-refractivity contribution < 1.29 is 14.0 Å². The zero-order chi connectivity index (χ0) is 22.7. The van der Waals surface area contributed by atoms with Crippen LogP contribution in [0.3, 0.4) is 0 Å². The summed E-state index contributed by atoms with van der Waals surface area (Å²) in [5.74, 6) is -2.12. The van der Waals surface area contributed by atoms with E-state index in [9.17, 15) is 14.0 Å². The number of carbonyl (C=O) groups excluding carboxylic acids is 2. The van der Waals surface area contributed by atoms with E-state index in [1.807, 2.05) is 0 Å². The number of fused-ring (bicyclic) bond motifs is 1. The standard InChI is InChI=1S/C24H28ClFN4O2/c1-29-12-9-17-13-16(5-8-21(17)29)22(30-10-3-2-4-11-30)15-27-23(31)24(32)28-18-6-7-20(26)19(25)14-18/h5-8,13-14,22H,2-4,9-12,15H2,1H3,(H,27,31)(H,28,32). The molecule has 0 bridgehead atoms. The fourth-order valence-electron chi connectivity index (χ4n) is 4.51. The molecule has 0 aromatic heterocycles. The van der Waals surface area contributed by atoms with Gasteiger partial charge in [-0.25, -0.2) is 4.39 Å². The first kappa shape index (κ1) is 22.6. The molecule has 2 amide bonds. The smallest absolute Gasteiger partial charge is 0.313 e. The fourth-order valence-corrected chi connectivity index (χ4v) is 4.69. The summed E-state index contributed by atoms with van der Waals surface area (Å²) in [4.78, 5) is 29.5. The molecule has 8 heteroatoms. The van der Waals surface area contributed by atoms with E-state index in [1.54, 1.807) is 0 Å². The average Bonchev–Trinajstić information content (AvgIpc) is 3.17. The minimum absolute atomic E-state index is 0.00326. The zero-order valence-electron chi connectivity index (χ0n) is 18.2. The van der Waals surface area contributed by atoms with E-state index >= 15 is 0 Å². The van der Waals surface area contributed by atoms with Crippen LogP contribution in [-0.2, 0) is 16.0 Å². The average molecular weight is 459 g/mol. The van der Waals surface area contributed by atoms with Gasteiger partial charge in [-0.05, 0) is 67.7 Å². The van der Waals surface area contributed by atoms with Gasteiger partial charge >= 0.3 is 11.8 Å². The first-order valence-electron chi connectivity index (χ1n) is 11.0. The summed E-state index contributed by atoms with van der Waals surface area (Å²) >= 11 is 5.75. The summed E-state index contributed by atoms with van der Waals surface area (Å²) in [7, 11) is 2.10. The van der Waals surface area contributed by atoms with Crippen molar-refractivity contribution in [3.8, 4) is 0 Å². The quantitative estimate of drug-likeness (QED) is 0.670. The van der Waals surface area contributed by atoms with Crippen molar-refractivity contribution in [2.75, 3.05) is 43.4 Å². The molecule has 4 rings (SSSR count). The fraction of sp³-hybridized carbons (Fsp3) is 0.417. The molecule has 170 valence electrons. The number of rotatable bonds is 5. The first-order chi connectivity index (χ1) is 15.4. The summed E-state index contributed by atoms with van der Waals surface area (Å²) in [6.07, 6.45) is 4.49. The lowest BCUT2D eigenvalue weighted by Gasteiger charge is -2.35. The van der Waals surface area contributed by atoms with Crippen LogP contribution in [0.25, 0.3) is 0 Å². The Morgan fingerprint density at radius 2 is 1.84 bits per heavy atom. The van der Waals surface area contributed by atoms with Crippen molar-refractivity contribution in [1.29, 1.82) is 0 Å². The van der Waals surface area contributed by atoms with Crippen molar-refractivity contribution in [1.82, 2.24) is 10.2 Å². The maximum atomic E-state index is 13.3. The number of likely N-dealkylation sites (tertiary alicyclic amines) is 1. The lowest BCUT2D eigenvalue weighted by molar-refractivity contribution is -0.136. The van der Waals surface area contributed by atoms with E-state index in [0.29, 0.717) is 6.54 Å². The molecule has 1 unspecified atom stereocenters. The number of halogens is 2. The van der Waals surface area contributed by atoms with Crippen molar-refractivity contribution in [3.05, 3.63) is 58.4 Å². The number of likely N-dealkylation sites (N-methyl/N-ethyl adjacent to an activating group) is 1. The van der Waals surface area contributed by atoms with Gasteiger partial charge in [0, 0.05) is 31.5 Å². The van der Waals surface area contributed by atoms with Crippen LogP contribution in [-0.4, -0.2) is 49.9 Å². The van der Waals surface area contributed by atoms with Gasteiger partial charge in [-0.3, -0.25) is 14.5 Å². The topological polar surface area (TPSA) is 64.7 Å². The van der Waals surface area contributed by atoms with Crippen molar-refractivity contribution in [2.45, 2.75) is 31.7 Å². The highest BCUT2D eigenvalue weighted by atomic mass is 35.5. The van der Waals surface area contributed by atoms with E-state index in [4.69, 9.17) is 11.6 Å². The monoisotopic (exact) mass is 458 g/mol. The SMILES string of the molecule is CN1CCc2cc(C(CNC(=O)C(=O)Nc3ccc(F)c(Cl)c3)N3CCCCC3)ccc21. The number of carbonyl (C=O) groups is 2. The molecule has 1 fully saturated rings. The first-order valence-corrected chi connectivity index (χ1v) is 11.4. The Balaban J connectivity index is 1.44. The van der Waals surface area contributed by atoms with Gasteiger partial charge in [0.05, 0.1) is 11.1 Å². The number of amides is 2. The largest absolute Gasteiger partial charge is 0.374 e. The highest BCUT2D eigenvalue weighted by molar-refractivity contribution is 6.39. The van der Waals surface area contributed by atoms with Crippen LogP contribution in [0.4, 0.5) is 15.8 Å². The molecule has 2 heterocycles. The molecular weight excluding hydrogens is 431 g/mol. The molecular formula is C24H28ClFN4O2. The van der Waals surface area contributed by atoms with Crippen molar-refractivity contribution >= 4 is 34.8 Å². The molecule has 0 spiro atoms. The molecule has 2 aromatic carbocycles. The predicted molar refractivity (Wildman–Crippen MR) is 125 cm³/mol. The summed E-state index contributed by atoms with van der Waals surface area (Å²) in [6.45, 7) is 3.29. The molecule has 0 radical (unpaired) electrons. The molecule has 0 saturated carbocycles. The van der Waals surface area contributed by atoms with Crippen LogP contribution in [0.15, 0.2) is 36.4 Å². The van der Waals surface area contributed by atoms with Gasteiger partial charge < -0.3 is 15.5 Å². The summed E-state index contributed by atoms with van der Waals surface area (Å²) in [6, 6.07) is 10.3. The number of hydrogen-bond donors (Lipinski definition) is 2. The molecule has 2 aromatic rings. The third-order valence-corrected chi connectivity index (χ3v) is 6.58. The molecule has 2 aliphatic rings. The Bertz CT molecular complexity index is 1010. The molecule has 0 aliphatic carbocycles. The predicted octanol–water partition coefficient (Wildman–Crippen LogP) is 3.75. The maximum Gasteiger partial charge on any atom is 0.313 e. The Kier molecular flexibility index (Phi) is 6.96. The summed E-state index contributed by atoms with van der Waals surface area (Å²) in [5, 5.41) is 5.15. The molecule has 2 aliphatic heterocycles. The van der Waals surface area contributed by atoms with E-state index in [-0.39, 0.29) is 16.8 Å². The maximum absolute atomic E-state index is 13.3. The van der Waals surface area contributed by atoms with Crippen molar-refractivity contribution in [2.24, 2.45) is 0 Å². The summed E-state index contributed by atoms with van der Waals surface area (Å²) in [5.41, 5.74) is 4.01. The highest BCUT2D eigenvalue weighted by Gasteiger charge is 2.26. The van der Waals surface area contributed by atoms with Crippen LogP contribution in [0.2, 0.25) is 5.02 Å². The Hall–Kier alpha value is -2.64. The van der Waals surface area contributed by atoms with Gasteiger partial charge in [0.25, 0.3) is 0 Å². The van der Waals surface area contributed by atoms with Gasteiger partial charge in [0.15, 0.2) is 0 Å². The number of piperidine rings is 1. The third-order valence-electron chi connectivity index (χ3n) is 6.29. The Morgan fingerprint density at radius 3 is 2.59 bits per heavy atom. The third kappa shape index (κ3) is 5.05. The van der Waals surface area contributed by atoms with Crippen molar-refractivity contribution in [3.63, 3.8) is 0 Å². The lowest BCUT2D eigenvalue weighted by atomic mass is 9.98. The van der Waals surface area contributed by atoms with E-state index in [0.717, 1.165) is 50.5 Å². The molecule has 32 heavy (non-hydrogen) atoms. The Morgan fingerprint density at radius 1 is 1.06 bits per heavy atom. The zero-order valence-corrected chi connectivity index (χ0v) is 18.9.